The number of nitrogens with zero attached hydrogens (tertiary/aromatic N) is 5. The second-order valence-electron chi connectivity index (χ2n) is 3.56. The molecular weight excluding hydrogens is 240 g/mol. The van der Waals surface area contributed by atoms with Crippen LogP contribution in [-0.2, 0) is 18.4 Å². The van der Waals surface area contributed by atoms with Crippen LogP contribution in [-0.4, -0.2) is 41.8 Å². The van der Waals surface area contributed by atoms with E-state index < -0.39 is 11.9 Å². The van der Waals surface area contributed by atoms with Gasteiger partial charge in [-0.25, -0.2) is 9.48 Å². The maximum atomic E-state index is 11.1. The Balaban J connectivity index is 2.61. The number of carboxylic acid groups (broad SMARTS) is 1. The van der Waals surface area contributed by atoms with Crippen molar-refractivity contribution in [1.29, 1.82) is 0 Å². The number of primary amides is 1. The highest BCUT2D eigenvalue weighted by Gasteiger charge is 2.23. The number of aromatic nitrogens is 5. The maximum Gasteiger partial charge on any atom is 0.358 e. The molecule has 0 aliphatic heterocycles. The summed E-state index contributed by atoms with van der Waals surface area (Å²) < 4.78 is 2.60. The van der Waals surface area contributed by atoms with Crippen molar-refractivity contribution in [3.8, 4) is 11.4 Å². The summed E-state index contributed by atoms with van der Waals surface area (Å²) >= 11 is 0. The summed E-state index contributed by atoms with van der Waals surface area (Å²) in [5.74, 6) is -1.87. The molecule has 2 aromatic heterocycles. The fourth-order valence-electron chi connectivity index (χ4n) is 1.58. The first kappa shape index (κ1) is 11.8. The van der Waals surface area contributed by atoms with Crippen LogP contribution in [0.2, 0.25) is 0 Å². The first-order valence-electron chi connectivity index (χ1n) is 4.94. The van der Waals surface area contributed by atoms with Crippen LogP contribution in [0.15, 0.2) is 12.3 Å². The molecule has 2 aromatic rings. The highest BCUT2D eigenvalue weighted by molar-refractivity contribution is 5.92. The minimum Gasteiger partial charge on any atom is -0.476 e. The number of aromatic carboxylic acids is 1. The fourth-order valence-corrected chi connectivity index (χ4v) is 1.58. The van der Waals surface area contributed by atoms with E-state index >= 15 is 0 Å². The van der Waals surface area contributed by atoms with Crippen LogP contribution in [0.1, 0.15) is 10.5 Å². The van der Waals surface area contributed by atoms with Crippen molar-refractivity contribution in [2.24, 2.45) is 12.8 Å². The fraction of sp³-hybridized carbons (Fsp3) is 0.222. The molecule has 0 radical (unpaired) electrons. The van der Waals surface area contributed by atoms with E-state index in [9.17, 15) is 9.59 Å². The van der Waals surface area contributed by atoms with Crippen molar-refractivity contribution in [2.75, 3.05) is 0 Å². The SMILES string of the molecule is Cn1nccc1-c1c(C(=O)O)nnn1CC(N)=O. The van der Waals surface area contributed by atoms with Gasteiger partial charge in [0.05, 0.1) is 5.69 Å². The molecule has 0 aliphatic rings. The highest BCUT2D eigenvalue weighted by atomic mass is 16.4. The zero-order chi connectivity index (χ0) is 13.3. The number of hydrogen-bond acceptors (Lipinski definition) is 5. The topological polar surface area (TPSA) is 129 Å². The third kappa shape index (κ3) is 1.93. The molecule has 0 unspecified atom stereocenters. The van der Waals surface area contributed by atoms with Gasteiger partial charge in [0.25, 0.3) is 0 Å². The quantitative estimate of drug-likeness (QED) is 0.705. The third-order valence-electron chi connectivity index (χ3n) is 2.31. The smallest absolute Gasteiger partial charge is 0.358 e. The summed E-state index contributed by atoms with van der Waals surface area (Å²) in [6.07, 6.45) is 1.50. The van der Waals surface area contributed by atoms with Crippen molar-refractivity contribution < 1.29 is 14.7 Å². The zero-order valence-electron chi connectivity index (χ0n) is 9.44. The van der Waals surface area contributed by atoms with Gasteiger partial charge in [-0.3, -0.25) is 9.48 Å². The van der Waals surface area contributed by atoms with Crippen LogP contribution in [0.3, 0.4) is 0 Å². The van der Waals surface area contributed by atoms with Gasteiger partial charge in [-0.2, -0.15) is 5.10 Å². The molecule has 1 amide bonds. The first-order chi connectivity index (χ1) is 8.50. The van der Waals surface area contributed by atoms with Gasteiger partial charge in [0.15, 0.2) is 5.69 Å². The van der Waals surface area contributed by atoms with Gasteiger partial charge in [-0.15, -0.1) is 5.10 Å². The number of amides is 1. The van der Waals surface area contributed by atoms with Gasteiger partial charge in [0, 0.05) is 13.2 Å². The van der Waals surface area contributed by atoms with Crippen LogP contribution in [0.4, 0.5) is 0 Å². The summed E-state index contributed by atoms with van der Waals surface area (Å²) in [6, 6.07) is 1.60. The number of aryl methyl sites for hydroxylation is 1. The van der Waals surface area contributed by atoms with E-state index in [1.165, 1.54) is 10.9 Å². The summed E-state index contributed by atoms with van der Waals surface area (Å²) in [7, 11) is 1.64. The molecule has 3 N–H and O–H groups in total. The summed E-state index contributed by atoms with van der Waals surface area (Å²) in [4.78, 5) is 22.0. The predicted octanol–water partition coefficient (Wildman–Crippen LogP) is -1.14. The largest absolute Gasteiger partial charge is 0.476 e. The molecule has 2 heterocycles. The van der Waals surface area contributed by atoms with E-state index in [0.29, 0.717) is 5.69 Å². The van der Waals surface area contributed by atoms with Gasteiger partial charge >= 0.3 is 5.97 Å². The molecule has 0 atom stereocenters. The van der Waals surface area contributed by atoms with Gasteiger partial charge in [0.1, 0.15) is 12.2 Å². The molecular formula is C9H10N6O3. The normalized spacial score (nSPS) is 10.5. The summed E-state index contributed by atoms with van der Waals surface area (Å²) in [5, 5.41) is 20.1. The lowest BCUT2D eigenvalue weighted by Crippen LogP contribution is -2.20. The average Bonchev–Trinajstić information content (AvgIpc) is 2.83. The van der Waals surface area contributed by atoms with E-state index in [4.69, 9.17) is 10.8 Å². The molecule has 0 bridgehead atoms. The van der Waals surface area contributed by atoms with Gasteiger partial charge in [-0.05, 0) is 6.07 Å². The number of hydrogen-bond donors (Lipinski definition) is 2. The van der Waals surface area contributed by atoms with Crippen molar-refractivity contribution in [2.45, 2.75) is 6.54 Å². The number of nitrogens with two attached hydrogens (primary N) is 1. The lowest BCUT2D eigenvalue weighted by Gasteiger charge is -2.05. The minimum absolute atomic E-state index is 0.196. The number of carbonyl (C=O) groups excluding carboxylic acids is 1. The molecule has 94 valence electrons. The Morgan fingerprint density at radius 3 is 2.72 bits per heavy atom. The van der Waals surface area contributed by atoms with E-state index in [2.05, 4.69) is 15.4 Å². The van der Waals surface area contributed by atoms with E-state index in [1.54, 1.807) is 13.1 Å². The number of rotatable bonds is 4. The van der Waals surface area contributed by atoms with Gasteiger partial charge in [-0.1, -0.05) is 5.21 Å². The van der Waals surface area contributed by atoms with Crippen molar-refractivity contribution in [3.05, 3.63) is 18.0 Å². The molecule has 9 nitrogen and oxygen atoms in total. The van der Waals surface area contributed by atoms with Gasteiger partial charge in [0.2, 0.25) is 5.91 Å². The Labute approximate surface area is 101 Å². The minimum atomic E-state index is -1.23. The van der Waals surface area contributed by atoms with E-state index in [-0.39, 0.29) is 17.9 Å². The summed E-state index contributed by atoms with van der Waals surface area (Å²) in [5.41, 5.74) is 5.50. The van der Waals surface area contributed by atoms with E-state index in [0.717, 1.165) is 4.68 Å². The second-order valence-corrected chi connectivity index (χ2v) is 3.56. The van der Waals surface area contributed by atoms with Crippen molar-refractivity contribution in [1.82, 2.24) is 24.8 Å². The Hall–Kier alpha value is -2.71. The average molecular weight is 250 g/mol. The molecule has 0 saturated heterocycles. The molecule has 0 fully saturated rings. The van der Waals surface area contributed by atoms with Crippen LogP contribution in [0.5, 0.6) is 0 Å². The first-order valence-corrected chi connectivity index (χ1v) is 4.94. The molecule has 0 spiro atoms. The molecule has 2 rings (SSSR count). The Morgan fingerprint density at radius 1 is 1.50 bits per heavy atom. The summed E-state index contributed by atoms with van der Waals surface area (Å²) in [6.45, 7) is -0.249. The van der Waals surface area contributed by atoms with Crippen LogP contribution in [0.25, 0.3) is 11.4 Å². The van der Waals surface area contributed by atoms with E-state index in [1.807, 2.05) is 0 Å². The van der Waals surface area contributed by atoms with Gasteiger partial charge < -0.3 is 10.8 Å². The standard InChI is InChI=1S/C9H10N6O3/c1-14-5(2-3-11-14)8-7(9(17)18)12-13-15(8)4-6(10)16/h2-3H,4H2,1H3,(H2,10,16)(H,17,18). The molecule has 0 saturated carbocycles. The Morgan fingerprint density at radius 2 is 2.22 bits per heavy atom. The Bertz CT molecular complexity index is 614. The predicted molar refractivity (Wildman–Crippen MR) is 58.4 cm³/mol. The van der Waals surface area contributed by atoms with Crippen LogP contribution < -0.4 is 5.73 Å². The number of carboxylic acids is 1. The molecule has 18 heavy (non-hydrogen) atoms. The number of carbonyl (C=O) groups is 2. The van der Waals surface area contributed by atoms with Crippen molar-refractivity contribution >= 4 is 11.9 Å². The third-order valence-corrected chi connectivity index (χ3v) is 2.31. The van der Waals surface area contributed by atoms with Crippen LogP contribution in [0, 0.1) is 0 Å². The molecule has 0 aromatic carbocycles. The van der Waals surface area contributed by atoms with Crippen molar-refractivity contribution in [3.63, 3.8) is 0 Å². The molecule has 9 heteroatoms. The monoisotopic (exact) mass is 250 g/mol. The lowest BCUT2D eigenvalue weighted by atomic mass is 10.2. The lowest BCUT2D eigenvalue weighted by molar-refractivity contribution is -0.118. The highest BCUT2D eigenvalue weighted by Crippen LogP contribution is 2.21. The zero-order valence-corrected chi connectivity index (χ0v) is 9.44. The second kappa shape index (κ2) is 4.28. The van der Waals surface area contributed by atoms with Crippen LogP contribution >= 0.6 is 0 Å². The maximum absolute atomic E-state index is 11.1. The molecule has 0 aliphatic carbocycles. The Kier molecular flexibility index (Phi) is 2.80.